The smallest absolute Gasteiger partial charge is 0.294 e. The van der Waals surface area contributed by atoms with Crippen molar-refractivity contribution in [3.05, 3.63) is 28.1 Å². The minimum Gasteiger partial charge on any atom is -0.294 e. The molecule has 0 spiro atoms. The first kappa shape index (κ1) is 13.8. The number of thiophene rings is 1. The first-order chi connectivity index (χ1) is 8.80. The van der Waals surface area contributed by atoms with Crippen LogP contribution in [0.1, 0.15) is 23.0 Å². The Balaban J connectivity index is 2.81. The molecule has 0 unspecified atom stereocenters. The molecule has 8 heteroatoms. The van der Waals surface area contributed by atoms with E-state index in [4.69, 9.17) is 4.55 Å². The second-order valence-electron chi connectivity index (χ2n) is 3.86. The summed E-state index contributed by atoms with van der Waals surface area (Å²) in [6, 6.07) is 1.71. The predicted molar refractivity (Wildman–Crippen MR) is 69.9 cm³/mol. The van der Waals surface area contributed by atoms with Crippen LogP contribution in [-0.4, -0.2) is 28.7 Å². The molecule has 6 nitrogen and oxygen atoms in total. The van der Waals surface area contributed by atoms with E-state index in [2.05, 4.69) is 9.97 Å². The Hall–Kier alpha value is -1.64. The van der Waals surface area contributed by atoms with Gasteiger partial charge in [-0.1, -0.05) is 0 Å². The standard InChI is InChI=1S/C11H10N2O4S2/c1-6-9(7(2)14)10(8-3-4-18-5-8)13-11(12-6)19(15,16)17/h3-5H,1-2H3,(H,15,16,17). The van der Waals surface area contributed by atoms with Crippen LogP contribution in [0.4, 0.5) is 0 Å². The molecular formula is C11H10N2O4S2. The van der Waals surface area contributed by atoms with Gasteiger partial charge in [0, 0.05) is 10.9 Å². The maximum Gasteiger partial charge on any atom is 0.330 e. The number of aryl methyl sites for hydroxylation is 1. The fourth-order valence-electron chi connectivity index (χ4n) is 1.69. The highest BCUT2D eigenvalue weighted by Crippen LogP contribution is 2.26. The van der Waals surface area contributed by atoms with Gasteiger partial charge in [-0.25, -0.2) is 9.97 Å². The average molecular weight is 298 g/mol. The van der Waals surface area contributed by atoms with E-state index in [1.165, 1.54) is 25.2 Å². The van der Waals surface area contributed by atoms with Crippen LogP contribution in [0.5, 0.6) is 0 Å². The summed E-state index contributed by atoms with van der Waals surface area (Å²) in [5.74, 6) is -0.263. The lowest BCUT2D eigenvalue weighted by atomic mass is 10.0. The second kappa shape index (κ2) is 4.80. The summed E-state index contributed by atoms with van der Waals surface area (Å²) < 4.78 is 31.3. The summed E-state index contributed by atoms with van der Waals surface area (Å²) in [5.41, 5.74) is 1.31. The Bertz CT molecular complexity index is 736. The van der Waals surface area contributed by atoms with Gasteiger partial charge >= 0.3 is 10.1 Å². The fraction of sp³-hybridized carbons (Fsp3) is 0.182. The van der Waals surface area contributed by atoms with Crippen molar-refractivity contribution in [2.75, 3.05) is 0 Å². The molecule has 0 radical (unpaired) electrons. The number of aromatic nitrogens is 2. The summed E-state index contributed by atoms with van der Waals surface area (Å²) in [5, 5.41) is 2.82. The van der Waals surface area contributed by atoms with Crippen molar-refractivity contribution >= 4 is 27.2 Å². The van der Waals surface area contributed by atoms with Gasteiger partial charge in [-0.2, -0.15) is 19.8 Å². The number of ketones is 1. The number of hydrogen-bond acceptors (Lipinski definition) is 6. The van der Waals surface area contributed by atoms with Crippen LogP contribution in [0.15, 0.2) is 22.0 Å². The topological polar surface area (TPSA) is 97.2 Å². The van der Waals surface area contributed by atoms with Crippen LogP contribution < -0.4 is 0 Å². The van der Waals surface area contributed by atoms with Crippen molar-refractivity contribution in [1.82, 2.24) is 9.97 Å². The molecule has 0 amide bonds. The molecule has 2 rings (SSSR count). The highest BCUT2D eigenvalue weighted by atomic mass is 32.2. The van der Waals surface area contributed by atoms with Gasteiger partial charge in [0.15, 0.2) is 5.78 Å². The lowest BCUT2D eigenvalue weighted by Crippen LogP contribution is -2.12. The van der Waals surface area contributed by atoms with E-state index in [1.54, 1.807) is 16.8 Å². The number of hydrogen-bond donors (Lipinski definition) is 1. The van der Waals surface area contributed by atoms with Crippen molar-refractivity contribution in [3.8, 4) is 11.3 Å². The molecule has 0 saturated carbocycles. The molecule has 0 aliphatic heterocycles. The van der Waals surface area contributed by atoms with E-state index < -0.39 is 15.3 Å². The maximum absolute atomic E-state index is 11.7. The van der Waals surface area contributed by atoms with E-state index in [0.29, 0.717) is 5.56 Å². The Labute approximate surface area is 113 Å². The molecule has 0 aromatic carbocycles. The first-order valence-corrected chi connectivity index (χ1v) is 7.58. The molecular weight excluding hydrogens is 288 g/mol. The monoisotopic (exact) mass is 298 g/mol. The molecule has 0 bridgehead atoms. The van der Waals surface area contributed by atoms with Gasteiger partial charge in [-0.3, -0.25) is 9.35 Å². The fourth-order valence-corrected chi connectivity index (χ4v) is 2.79. The highest BCUT2D eigenvalue weighted by Gasteiger charge is 2.22. The van der Waals surface area contributed by atoms with E-state index >= 15 is 0 Å². The molecule has 0 saturated heterocycles. The predicted octanol–water partition coefficient (Wildman–Crippen LogP) is 1.96. The molecule has 0 fully saturated rings. The van der Waals surface area contributed by atoms with Gasteiger partial charge in [0.1, 0.15) is 0 Å². The molecule has 0 atom stereocenters. The summed E-state index contributed by atoms with van der Waals surface area (Å²) in [7, 11) is -4.51. The van der Waals surface area contributed by atoms with Crippen LogP contribution in [-0.2, 0) is 10.1 Å². The summed E-state index contributed by atoms with van der Waals surface area (Å²) >= 11 is 1.39. The van der Waals surface area contributed by atoms with Gasteiger partial charge < -0.3 is 0 Å². The third-order valence-electron chi connectivity index (χ3n) is 2.45. The number of carbonyl (C=O) groups is 1. The van der Waals surface area contributed by atoms with Gasteiger partial charge in [-0.15, -0.1) is 0 Å². The number of nitrogens with zero attached hydrogens (tertiary/aromatic N) is 2. The number of carbonyl (C=O) groups excluding carboxylic acids is 1. The van der Waals surface area contributed by atoms with Gasteiger partial charge in [0.25, 0.3) is 5.16 Å². The van der Waals surface area contributed by atoms with Crippen LogP contribution in [0, 0.1) is 6.92 Å². The quantitative estimate of drug-likeness (QED) is 0.528. The largest absolute Gasteiger partial charge is 0.330 e. The first-order valence-electron chi connectivity index (χ1n) is 5.20. The zero-order valence-electron chi connectivity index (χ0n) is 10.1. The average Bonchev–Trinajstić information content (AvgIpc) is 2.79. The Morgan fingerprint density at radius 1 is 1.37 bits per heavy atom. The summed E-state index contributed by atoms with van der Waals surface area (Å²) in [6.45, 7) is 2.86. The van der Waals surface area contributed by atoms with Crippen LogP contribution in [0.3, 0.4) is 0 Å². The SMILES string of the molecule is CC(=O)c1c(C)nc(S(=O)(=O)O)nc1-c1ccsc1. The molecule has 0 aliphatic rings. The van der Waals surface area contributed by atoms with Gasteiger partial charge in [0.2, 0.25) is 0 Å². The zero-order chi connectivity index (χ0) is 14.2. The van der Waals surface area contributed by atoms with E-state index in [1.807, 2.05) is 0 Å². The zero-order valence-corrected chi connectivity index (χ0v) is 11.7. The lowest BCUT2D eigenvalue weighted by molar-refractivity contribution is 0.101. The molecule has 1 N–H and O–H groups in total. The van der Waals surface area contributed by atoms with Gasteiger partial charge in [0.05, 0.1) is 17.0 Å². The van der Waals surface area contributed by atoms with Crippen LogP contribution >= 0.6 is 11.3 Å². The number of Topliss-reactive ketones (excluding diaryl/α,β-unsaturated/α-hetero) is 1. The minimum absolute atomic E-state index is 0.217. The van der Waals surface area contributed by atoms with Crippen LogP contribution in [0.2, 0.25) is 0 Å². The third kappa shape index (κ3) is 2.70. The van der Waals surface area contributed by atoms with Crippen molar-refractivity contribution in [2.45, 2.75) is 19.0 Å². The van der Waals surface area contributed by atoms with Crippen LogP contribution in [0.25, 0.3) is 11.3 Å². The normalized spacial score (nSPS) is 11.5. The van der Waals surface area contributed by atoms with E-state index in [0.717, 1.165) is 0 Å². The number of rotatable bonds is 3. The van der Waals surface area contributed by atoms with Crippen molar-refractivity contribution in [3.63, 3.8) is 0 Å². The molecule has 100 valence electrons. The molecule has 0 aliphatic carbocycles. The maximum atomic E-state index is 11.7. The Kier molecular flexibility index (Phi) is 3.48. The Morgan fingerprint density at radius 3 is 2.53 bits per heavy atom. The van der Waals surface area contributed by atoms with E-state index in [9.17, 15) is 13.2 Å². The van der Waals surface area contributed by atoms with E-state index in [-0.39, 0.29) is 22.7 Å². The van der Waals surface area contributed by atoms with Crippen molar-refractivity contribution < 1.29 is 17.8 Å². The van der Waals surface area contributed by atoms with Crippen molar-refractivity contribution in [2.24, 2.45) is 0 Å². The van der Waals surface area contributed by atoms with Crippen molar-refractivity contribution in [1.29, 1.82) is 0 Å². The van der Waals surface area contributed by atoms with Gasteiger partial charge in [-0.05, 0) is 25.3 Å². The molecule has 2 aromatic rings. The Morgan fingerprint density at radius 2 is 2.05 bits per heavy atom. The third-order valence-corrected chi connectivity index (χ3v) is 3.77. The molecule has 2 heterocycles. The lowest BCUT2D eigenvalue weighted by Gasteiger charge is -2.09. The molecule has 19 heavy (non-hydrogen) atoms. The minimum atomic E-state index is -4.51. The summed E-state index contributed by atoms with van der Waals surface area (Å²) in [6.07, 6.45) is 0. The summed E-state index contributed by atoms with van der Waals surface area (Å²) in [4.78, 5) is 19.1. The molecule has 2 aromatic heterocycles. The second-order valence-corrected chi connectivity index (χ2v) is 5.95. The highest BCUT2D eigenvalue weighted by molar-refractivity contribution is 7.85.